The summed E-state index contributed by atoms with van der Waals surface area (Å²) in [5.41, 5.74) is 2.40. The van der Waals surface area contributed by atoms with E-state index in [1.54, 1.807) is 69.3 Å². The summed E-state index contributed by atoms with van der Waals surface area (Å²) in [6.45, 7) is 5.40. The zero-order valence-corrected chi connectivity index (χ0v) is 17.1. The van der Waals surface area contributed by atoms with E-state index >= 15 is 0 Å². The Labute approximate surface area is 175 Å². The van der Waals surface area contributed by atoms with Crippen LogP contribution in [0.25, 0.3) is 12.2 Å². The van der Waals surface area contributed by atoms with Gasteiger partial charge >= 0.3 is 5.97 Å². The lowest BCUT2D eigenvalue weighted by molar-refractivity contribution is 0.00707. The second-order valence-corrected chi connectivity index (χ2v) is 7.83. The van der Waals surface area contributed by atoms with Crippen molar-refractivity contribution in [2.75, 3.05) is 5.32 Å². The first-order chi connectivity index (χ1) is 14.2. The van der Waals surface area contributed by atoms with E-state index < -0.39 is 11.6 Å². The van der Waals surface area contributed by atoms with Crippen molar-refractivity contribution in [2.24, 2.45) is 0 Å². The normalized spacial score (nSPS) is 11.5. The fourth-order valence-corrected chi connectivity index (χ4v) is 2.77. The van der Waals surface area contributed by atoms with Gasteiger partial charge in [-0.2, -0.15) is 0 Å². The van der Waals surface area contributed by atoms with Crippen LogP contribution in [0.4, 0.5) is 20.2 Å². The molecule has 0 saturated heterocycles. The lowest BCUT2D eigenvalue weighted by atomic mass is 10.1. The molecule has 0 atom stereocenters. The maximum atomic E-state index is 13.4. The van der Waals surface area contributed by atoms with Crippen LogP contribution in [0, 0.1) is 11.6 Å². The Morgan fingerprint density at radius 1 is 0.867 bits per heavy atom. The summed E-state index contributed by atoms with van der Waals surface area (Å²) in [5.74, 6) is -1.12. The summed E-state index contributed by atoms with van der Waals surface area (Å²) >= 11 is 0. The molecular weight excluding hydrogens is 384 g/mol. The Kier molecular flexibility index (Phi) is 6.31. The van der Waals surface area contributed by atoms with Crippen LogP contribution in [0.3, 0.4) is 0 Å². The van der Waals surface area contributed by atoms with Crippen molar-refractivity contribution in [1.82, 2.24) is 0 Å². The minimum absolute atomic E-state index is 0.309. The average Bonchev–Trinajstić information content (AvgIpc) is 2.67. The quantitative estimate of drug-likeness (QED) is 0.372. The lowest BCUT2D eigenvalue weighted by Gasteiger charge is -2.21. The Balaban J connectivity index is 1.94. The number of nitrogens with one attached hydrogen (secondary N) is 1. The summed E-state index contributed by atoms with van der Waals surface area (Å²) in [5, 5.41) is 3.15. The number of esters is 1. The summed E-state index contributed by atoms with van der Waals surface area (Å²) in [4.78, 5) is 12.7. The van der Waals surface area contributed by atoms with Crippen molar-refractivity contribution in [3.8, 4) is 0 Å². The van der Waals surface area contributed by atoms with Gasteiger partial charge < -0.3 is 10.1 Å². The molecule has 3 rings (SSSR count). The van der Waals surface area contributed by atoms with Gasteiger partial charge in [-0.25, -0.2) is 13.6 Å². The molecule has 3 nitrogen and oxygen atoms in total. The molecular formula is C25H23F2NO2. The average molecular weight is 407 g/mol. The topological polar surface area (TPSA) is 38.3 Å². The highest BCUT2D eigenvalue weighted by Gasteiger charge is 2.20. The maximum absolute atomic E-state index is 13.4. The Bertz CT molecular complexity index is 1070. The molecule has 0 unspecified atom stereocenters. The van der Waals surface area contributed by atoms with Gasteiger partial charge in [-0.1, -0.05) is 30.4 Å². The first-order valence-electron chi connectivity index (χ1n) is 9.53. The van der Waals surface area contributed by atoms with E-state index in [2.05, 4.69) is 5.32 Å². The minimum atomic E-state index is -0.639. The van der Waals surface area contributed by atoms with Crippen molar-refractivity contribution in [1.29, 1.82) is 0 Å². The monoisotopic (exact) mass is 407 g/mol. The zero-order chi connectivity index (χ0) is 21.7. The molecule has 0 amide bonds. The van der Waals surface area contributed by atoms with Gasteiger partial charge in [0.05, 0.1) is 11.3 Å². The van der Waals surface area contributed by atoms with Crippen LogP contribution >= 0.6 is 0 Å². The van der Waals surface area contributed by atoms with E-state index in [9.17, 15) is 13.6 Å². The van der Waals surface area contributed by atoms with Gasteiger partial charge in [0.25, 0.3) is 0 Å². The third-order valence-electron chi connectivity index (χ3n) is 4.10. The van der Waals surface area contributed by atoms with Crippen molar-refractivity contribution in [3.05, 3.63) is 95.1 Å². The third kappa shape index (κ3) is 6.01. The van der Waals surface area contributed by atoms with E-state index in [1.807, 2.05) is 6.08 Å². The van der Waals surface area contributed by atoms with E-state index in [-0.39, 0.29) is 11.6 Å². The Hall–Kier alpha value is -3.47. The SMILES string of the molecule is CC(C)(C)OC(=O)c1ccc(/C=C/c2cccc(F)c2)cc1Nc1ccc(F)cc1. The maximum Gasteiger partial charge on any atom is 0.340 e. The summed E-state index contributed by atoms with van der Waals surface area (Å²) in [6.07, 6.45) is 3.61. The molecule has 0 bridgehead atoms. The molecule has 0 heterocycles. The van der Waals surface area contributed by atoms with Crippen LogP contribution in [-0.2, 0) is 4.74 Å². The summed E-state index contributed by atoms with van der Waals surface area (Å²) < 4.78 is 32.1. The minimum Gasteiger partial charge on any atom is -0.456 e. The number of carbonyl (C=O) groups is 1. The first-order valence-corrected chi connectivity index (χ1v) is 9.53. The standard InChI is InChI=1S/C25H23F2NO2/c1-25(2,3)30-24(29)22-14-9-18(8-7-17-5-4-6-20(27)15-17)16-23(22)28-21-12-10-19(26)11-13-21/h4-16,28H,1-3H3/b8-7+. The molecule has 154 valence electrons. The molecule has 30 heavy (non-hydrogen) atoms. The van der Waals surface area contributed by atoms with Crippen LogP contribution in [0.15, 0.2) is 66.7 Å². The number of anilines is 2. The van der Waals surface area contributed by atoms with Crippen LogP contribution in [0.2, 0.25) is 0 Å². The molecule has 0 radical (unpaired) electrons. The van der Waals surface area contributed by atoms with E-state index in [0.717, 1.165) is 11.1 Å². The molecule has 0 fully saturated rings. The molecule has 0 aliphatic rings. The van der Waals surface area contributed by atoms with Gasteiger partial charge in [0.1, 0.15) is 17.2 Å². The highest BCUT2D eigenvalue weighted by molar-refractivity contribution is 5.97. The fraction of sp³-hybridized carbons (Fsp3) is 0.160. The van der Waals surface area contributed by atoms with Crippen LogP contribution in [0.1, 0.15) is 42.3 Å². The van der Waals surface area contributed by atoms with Gasteiger partial charge in [0.2, 0.25) is 0 Å². The molecule has 0 aliphatic carbocycles. The first kappa shape index (κ1) is 21.2. The Morgan fingerprint density at radius 3 is 2.17 bits per heavy atom. The molecule has 0 aliphatic heterocycles. The second-order valence-electron chi connectivity index (χ2n) is 7.83. The van der Waals surface area contributed by atoms with Crippen LogP contribution < -0.4 is 5.32 Å². The second kappa shape index (κ2) is 8.91. The van der Waals surface area contributed by atoms with Gasteiger partial charge in [0.15, 0.2) is 0 Å². The van der Waals surface area contributed by atoms with Crippen molar-refractivity contribution in [3.63, 3.8) is 0 Å². The molecule has 0 spiro atoms. The van der Waals surface area contributed by atoms with Gasteiger partial charge in [0, 0.05) is 5.69 Å². The molecule has 1 N–H and O–H groups in total. The number of carbonyl (C=O) groups excluding carboxylic acids is 1. The summed E-state index contributed by atoms with van der Waals surface area (Å²) in [7, 11) is 0. The molecule has 0 saturated carbocycles. The van der Waals surface area contributed by atoms with Crippen molar-refractivity contribution < 1.29 is 18.3 Å². The van der Waals surface area contributed by atoms with Gasteiger partial charge in [-0.3, -0.25) is 0 Å². The molecule has 3 aromatic carbocycles. The predicted molar refractivity (Wildman–Crippen MR) is 117 cm³/mol. The van der Waals surface area contributed by atoms with E-state index in [4.69, 9.17) is 4.74 Å². The number of rotatable bonds is 5. The smallest absolute Gasteiger partial charge is 0.340 e. The number of benzene rings is 3. The predicted octanol–water partition coefficient (Wildman–Crippen LogP) is 6.83. The highest BCUT2D eigenvalue weighted by atomic mass is 19.1. The molecule has 5 heteroatoms. The fourth-order valence-electron chi connectivity index (χ4n) is 2.77. The summed E-state index contributed by atoms with van der Waals surface area (Å²) in [6, 6.07) is 17.4. The molecule has 0 aromatic heterocycles. The number of ether oxygens (including phenoxy) is 1. The third-order valence-corrected chi connectivity index (χ3v) is 4.10. The number of halogens is 2. The lowest BCUT2D eigenvalue weighted by Crippen LogP contribution is -2.24. The van der Waals surface area contributed by atoms with Gasteiger partial charge in [-0.05, 0) is 80.4 Å². The molecule has 3 aromatic rings. The Morgan fingerprint density at radius 2 is 1.53 bits per heavy atom. The van der Waals surface area contributed by atoms with Crippen LogP contribution in [0.5, 0.6) is 0 Å². The van der Waals surface area contributed by atoms with Crippen molar-refractivity contribution in [2.45, 2.75) is 26.4 Å². The number of hydrogen-bond donors (Lipinski definition) is 1. The van der Waals surface area contributed by atoms with E-state index in [0.29, 0.717) is 16.9 Å². The zero-order valence-electron chi connectivity index (χ0n) is 17.1. The van der Waals surface area contributed by atoms with Crippen molar-refractivity contribution >= 4 is 29.5 Å². The van der Waals surface area contributed by atoms with E-state index in [1.165, 1.54) is 24.3 Å². The van der Waals surface area contributed by atoms with Crippen LogP contribution in [-0.4, -0.2) is 11.6 Å². The van der Waals surface area contributed by atoms with Gasteiger partial charge in [-0.15, -0.1) is 0 Å². The largest absolute Gasteiger partial charge is 0.456 e. The number of hydrogen-bond acceptors (Lipinski definition) is 3. The highest BCUT2D eigenvalue weighted by Crippen LogP contribution is 2.26.